The highest BCUT2D eigenvalue weighted by atomic mass is 35.5. The third-order valence-corrected chi connectivity index (χ3v) is 3.72. The molecule has 0 radical (unpaired) electrons. The normalized spacial score (nSPS) is 16.0. The molecule has 2 N–H and O–H groups in total. The van der Waals surface area contributed by atoms with E-state index in [1.165, 1.54) is 29.3 Å². The molecule has 3 nitrogen and oxygen atoms in total. The Labute approximate surface area is 120 Å². The summed E-state index contributed by atoms with van der Waals surface area (Å²) >= 11 is 0. The standard InChI is InChI=1S/C15H19N3.ClH/c1-2-13-11-17-9-6-14(13)15(3-1)18-10-12-4-7-16-8-5-12;/h1-3,6,9,11-12,16,18H,4-5,7-8,10H2;1H. The van der Waals surface area contributed by atoms with Crippen molar-refractivity contribution in [1.29, 1.82) is 0 Å². The maximum Gasteiger partial charge on any atom is 0.0421 e. The van der Waals surface area contributed by atoms with Gasteiger partial charge in [0.1, 0.15) is 0 Å². The van der Waals surface area contributed by atoms with Crippen molar-refractivity contribution < 1.29 is 0 Å². The summed E-state index contributed by atoms with van der Waals surface area (Å²) in [5, 5.41) is 9.48. The van der Waals surface area contributed by atoms with E-state index in [-0.39, 0.29) is 12.4 Å². The molecule has 2 aromatic rings. The number of piperidine rings is 1. The number of pyridine rings is 1. The number of benzene rings is 1. The summed E-state index contributed by atoms with van der Waals surface area (Å²) in [4.78, 5) is 4.17. The van der Waals surface area contributed by atoms with Gasteiger partial charge in [-0.15, -0.1) is 12.4 Å². The highest BCUT2D eigenvalue weighted by Crippen LogP contribution is 2.23. The van der Waals surface area contributed by atoms with Gasteiger partial charge in [0.25, 0.3) is 0 Å². The highest BCUT2D eigenvalue weighted by Gasteiger charge is 2.12. The van der Waals surface area contributed by atoms with Crippen LogP contribution in [0.2, 0.25) is 0 Å². The first-order valence-corrected chi connectivity index (χ1v) is 6.71. The zero-order chi connectivity index (χ0) is 12.2. The van der Waals surface area contributed by atoms with Gasteiger partial charge in [0, 0.05) is 35.4 Å². The van der Waals surface area contributed by atoms with Crippen LogP contribution in [0.1, 0.15) is 12.8 Å². The van der Waals surface area contributed by atoms with Crippen LogP contribution in [-0.2, 0) is 0 Å². The fourth-order valence-electron chi connectivity index (χ4n) is 2.62. The SMILES string of the molecule is Cl.c1cc(NCC2CCNCC2)c2ccncc2c1. The maximum atomic E-state index is 4.17. The average molecular weight is 278 g/mol. The molecule has 1 aromatic carbocycles. The molecule has 1 saturated heterocycles. The second-order valence-electron chi connectivity index (χ2n) is 4.98. The van der Waals surface area contributed by atoms with Crippen molar-refractivity contribution in [3.63, 3.8) is 0 Å². The van der Waals surface area contributed by atoms with Gasteiger partial charge < -0.3 is 10.6 Å². The molecule has 1 fully saturated rings. The molecule has 19 heavy (non-hydrogen) atoms. The number of hydrogen-bond donors (Lipinski definition) is 2. The number of aromatic nitrogens is 1. The van der Waals surface area contributed by atoms with E-state index in [1.807, 2.05) is 12.4 Å². The fraction of sp³-hybridized carbons (Fsp3) is 0.400. The smallest absolute Gasteiger partial charge is 0.0421 e. The predicted molar refractivity (Wildman–Crippen MR) is 83.1 cm³/mol. The summed E-state index contributed by atoms with van der Waals surface area (Å²) in [6.07, 6.45) is 6.34. The topological polar surface area (TPSA) is 37.0 Å². The lowest BCUT2D eigenvalue weighted by Gasteiger charge is -2.23. The second-order valence-corrected chi connectivity index (χ2v) is 4.98. The van der Waals surface area contributed by atoms with Gasteiger partial charge in [0.05, 0.1) is 0 Å². The van der Waals surface area contributed by atoms with Gasteiger partial charge in [0.15, 0.2) is 0 Å². The number of halogens is 1. The Balaban J connectivity index is 0.00000133. The van der Waals surface area contributed by atoms with Crippen LogP contribution in [0.15, 0.2) is 36.7 Å². The molecule has 0 spiro atoms. The number of rotatable bonds is 3. The van der Waals surface area contributed by atoms with Gasteiger partial charge in [-0.05, 0) is 44.0 Å². The molecule has 1 aromatic heterocycles. The molecule has 2 heterocycles. The monoisotopic (exact) mass is 277 g/mol. The molecule has 4 heteroatoms. The highest BCUT2D eigenvalue weighted by molar-refractivity contribution is 5.93. The van der Waals surface area contributed by atoms with E-state index in [1.54, 1.807) is 0 Å². The van der Waals surface area contributed by atoms with Crippen LogP contribution < -0.4 is 10.6 Å². The van der Waals surface area contributed by atoms with E-state index in [4.69, 9.17) is 0 Å². The molecule has 0 bridgehead atoms. The first-order valence-electron chi connectivity index (χ1n) is 6.71. The molecule has 0 atom stereocenters. The van der Waals surface area contributed by atoms with E-state index in [9.17, 15) is 0 Å². The number of nitrogens with zero attached hydrogens (tertiary/aromatic N) is 1. The van der Waals surface area contributed by atoms with Gasteiger partial charge >= 0.3 is 0 Å². The van der Waals surface area contributed by atoms with Gasteiger partial charge in [-0.1, -0.05) is 12.1 Å². The molecule has 0 saturated carbocycles. The quantitative estimate of drug-likeness (QED) is 0.905. The van der Waals surface area contributed by atoms with E-state index < -0.39 is 0 Å². The number of nitrogens with one attached hydrogen (secondary N) is 2. The molecule has 1 aliphatic heterocycles. The van der Waals surface area contributed by atoms with Gasteiger partial charge in [-0.2, -0.15) is 0 Å². The van der Waals surface area contributed by atoms with Crippen molar-refractivity contribution in [3.05, 3.63) is 36.7 Å². The van der Waals surface area contributed by atoms with E-state index in [2.05, 4.69) is 39.9 Å². The van der Waals surface area contributed by atoms with Crippen LogP contribution in [-0.4, -0.2) is 24.6 Å². The number of anilines is 1. The van der Waals surface area contributed by atoms with E-state index >= 15 is 0 Å². The van der Waals surface area contributed by atoms with Crippen LogP contribution in [0.3, 0.4) is 0 Å². The minimum atomic E-state index is 0. The third-order valence-electron chi connectivity index (χ3n) is 3.72. The minimum absolute atomic E-state index is 0. The van der Waals surface area contributed by atoms with Crippen molar-refractivity contribution in [1.82, 2.24) is 10.3 Å². The minimum Gasteiger partial charge on any atom is -0.384 e. The first-order chi connectivity index (χ1) is 8.93. The van der Waals surface area contributed by atoms with E-state index in [0.717, 1.165) is 25.6 Å². The Morgan fingerprint density at radius 1 is 1.21 bits per heavy atom. The van der Waals surface area contributed by atoms with Crippen molar-refractivity contribution >= 4 is 28.9 Å². The Morgan fingerprint density at radius 3 is 2.89 bits per heavy atom. The van der Waals surface area contributed by atoms with Crippen LogP contribution in [0.25, 0.3) is 10.8 Å². The average Bonchev–Trinajstić information content (AvgIpc) is 2.46. The summed E-state index contributed by atoms with van der Waals surface area (Å²) in [5.41, 5.74) is 1.23. The van der Waals surface area contributed by atoms with Gasteiger partial charge in [-0.25, -0.2) is 0 Å². The molecule has 0 aliphatic carbocycles. The Morgan fingerprint density at radius 2 is 2.05 bits per heavy atom. The number of hydrogen-bond acceptors (Lipinski definition) is 3. The second kappa shape index (κ2) is 6.73. The summed E-state index contributed by atoms with van der Waals surface area (Å²) in [5.74, 6) is 0.795. The maximum absolute atomic E-state index is 4.17. The summed E-state index contributed by atoms with van der Waals surface area (Å²) in [6, 6.07) is 8.44. The van der Waals surface area contributed by atoms with Crippen molar-refractivity contribution in [2.24, 2.45) is 5.92 Å². The molecule has 0 amide bonds. The lowest BCUT2D eigenvalue weighted by atomic mass is 9.98. The van der Waals surface area contributed by atoms with Crippen molar-refractivity contribution in [2.75, 3.05) is 25.0 Å². The zero-order valence-electron chi connectivity index (χ0n) is 10.9. The van der Waals surface area contributed by atoms with Crippen LogP contribution in [0.5, 0.6) is 0 Å². The molecule has 0 unspecified atom stereocenters. The first kappa shape index (κ1) is 14.1. The van der Waals surface area contributed by atoms with Crippen molar-refractivity contribution in [3.8, 4) is 0 Å². The van der Waals surface area contributed by atoms with Crippen molar-refractivity contribution in [2.45, 2.75) is 12.8 Å². The Bertz CT molecular complexity index is 518. The van der Waals surface area contributed by atoms with Crippen LogP contribution in [0, 0.1) is 5.92 Å². The van der Waals surface area contributed by atoms with E-state index in [0.29, 0.717) is 0 Å². The van der Waals surface area contributed by atoms with Crippen LogP contribution >= 0.6 is 12.4 Å². The lowest BCUT2D eigenvalue weighted by molar-refractivity contribution is 0.390. The Kier molecular flexibility index (Phi) is 5.00. The van der Waals surface area contributed by atoms with Gasteiger partial charge in [0.2, 0.25) is 0 Å². The summed E-state index contributed by atoms with van der Waals surface area (Å²) in [7, 11) is 0. The molecule has 102 valence electrons. The summed E-state index contributed by atoms with van der Waals surface area (Å²) in [6.45, 7) is 3.39. The molecular weight excluding hydrogens is 258 g/mol. The Hall–Kier alpha value is -1.32. The largest absolute Gasteiger partial charge is 0.384 e. The third kappa shape index (κ3) is 3.37. The molecular formula is C15H20ClN3. The van der Waals surface area contributed by atoms with Crippen LogP contribution in [0.4, 0.5) is 5.69 Å². The van der Waals surface area contributed by atoms with Gasteiger partial charge in [-0.3, -0.25) is 4.98 Å². The molecule has 3 rings (SSSR count). The lowest BCUT2D eigenvalue weighted by Crippen LogP contribution is -2.31. The predicted octanol–water partition coefficient (Wildman–Crippen LogP) is 3.07. The zero-order valence-corrected chi connectivity index (χ0v) is 11.7. The fourth-order valence-corrected chi connectivity index (χ4v) is 2.62. The molecule has 1 aliphatic rings. The summed E-state index contributed by atoms with van der Waals surface area (Å²) < 4.78 is 0. The number of fused-ring (bicyclic) bond motifs is 1.